The Hall–Kier alpha value is -1.08. The van der Waals surface area contributed by atoms with E-state index in [0.29, 0.717) is 18.1 Å². The summed E-state index contributed by atoms with van der Waals surface area (Å²) in [6, 6.07) is 0. The number of anilines is 1. The molecule has 1 N–H and O–H groups in total. The minimum atomic E-state index is -0.0935. The van der Waals surface area contributed by atoms with Gasteiger partial charge in [0.05, 0.1) is 5.69 Å². The van der Waals surface area contributed by atoms with E-state index in [1.807, 2.05) is 12.3 Å². The molecule has 2 rings (SSSR count). The third kappa shape index (κ3) is 3.44. The van der Waals surface area contributed by atoms with Gasteiger partial charge < -0.3 is 10.2 Å². The van der Waals surface area contributed by atoms with Gasteiger partial charge in [-0.3, -0.25) is 9.59 Å². The van der Waals surface area contributed by atoms with Crippen LogP contribution >= 0.6 is 23.1 Å². The summed E-state index contributed by atoms with van der Waals surface area (Å²) in [7, 11) is 0. The number of thioether (sulfide) groups is 1. The topological polar surface area (TPSA) is 62.3 Å². The average molecular weight is 271 g/mol. The van der Waals surface area contributed by atoms with Gasteiger partial charge in [-0.05, 0) is 6.92 Å². The molecule has 0 bridgehead atoms. The number of aryl methyl sites for hydroxylation is 1. The minimum absolute atomic E-state index is 0.0721. The van der Waals surface area contributed by atoms with Crippen molar-refractivity contribution in [2.45, 2.75) is 13.3 Å². The Bertz CT molecular complexity index is 433. The number of nitrogens with zero attached hydrogens (tertiary/aromatic N) is 2. The van der Waals surface area contributed by atoms with Gasteiger partial charge in [0.25, 0.3) is 5.24 Å². The van der Waals surface area contributed by atoms with Crippen molar-refractivity contribution in [3.63, 3.8) is 0 Å². The Morgan fingerprint density at radius 2 is 2.47 bits per heavy atom. The van der Waals surface area contributed by atoms with Crippen LogP contribution in [0.25, 0.3) is 0 Å². The van der Waals surface area contributed by atoms with Gasteiger partial charge in [-0.1, -0.05) is 11.8 Å². The molecule has 0 saturated carbocycles. The number of hydrogen-bond donors (Lipinski definition) is 1. The lowest BCUT2D eigenvalue weighted by molar-refractivity contribution is -0.116. The van der Waals surface area contributed by atoms with Gasteiger partial charge in [-0.25, -0.2) is 4.98 Å². The van der Waals surface area contributed by atoms with E-state index in [1.54, 1.807) is 4.90 Å². The third-order valence-corrected chi connectivity index (χ3v) is 4.09. The number of carbonyl (C=O) groups excluding carboxylic acids is 2. The highest BCUT2D eigenvalue weighted by Crippen LogP contribution is 2.18. The first-order chi connectivity index (χ1) is 8.15. The fraction of sp³-hybridized carbons (Fsp3) is 0.500. The molecule has 1 saturated heterocycles. The molecule has 0 unspecified atom stereocenters. The maximum absolute atomic E-state index is 11.6. The fourth-order valence-corrected chi connectivity index (χ4v) is 3.01. The predicted octanol–water partition coefficient (Wildman–Crippen LogP) is 1.95. The van der Waals surface area contributed by atoms with Crippen molar-refractivity contribution in [1.82, 2.24) is 9.88 Å². The zero-order valence-corrected chi connectivity index (χ0v) is 11.1. The smallest absolute Gasteiger partial charge is 0.281 e. The monoisotopic (exact) mass is 271 g/mol. The second-order valence-corrected chi connectivity index (χ2v) is 5.60. The Labute approximate surface area is 108 Å². The van der Waals surface area contributed by atoms with Crippen molar-refractivity contribution < 1.29 is 9.59 Å². The molecule has 17 heavy (non-hydrogen) atoms. The molecule has 2 heterocycles. The van der Waals surface area contributed by atoms with Gasteiger partial charge in [0.2, 0.25) is 5.91 Å². The van der Waals surface area contributed by atoms with Gasteiger partial charge in [-0.15, -0.1) is 11.3 Å². The van der Waals surface area contributed by atoms with Gasteiger partial charge in [0.15, 0.2) is 5.13 Å². The Morgan fingerprint density at radius 3 is 3.06 bits per heavy atom. The molecule has 7 heteroatoms. The molecule has 1 aromatic heterocycles. The van der Waals surface area contributed by atoms with Crippen LogP contribution in [-0.4, -0.2) is 39.9 Å². The van der Waals surface area contributed by atoms with E-state index in [0.717, 1.165) is 18.0 Å². The maximum atomic E-state index is 11.6. The molecule has 2 amide bonds. The summed E-state index contributed by atoms with van der Waals surface area (Å²) in [5, 5.41) is 5.30. The molecule has 1 aromatic rings. The minimum Gasteiger partial charge on any atom is -0.332 e. The first-order valence-corrected chi connectivity index (χ1v) is 7.15. The second kappa shape index (κ2) is 5.50. The quantitative estimate of drug-likeness (QED) is 0.909. The molecule has 0 radical (unpaired) electrons. The number of carbonyl (C=O) groups is 2. The number of hydrogen-bond acceptors (Lipinski definition) is 5. The van der Waals surface area contributed by atoms with Crippen LogP contribution in [0.4, 0.5) is 9.93 Å². The van der Waals surface area contributed by atoms with Crippen LogP contribution in [-0.2, 0) is 4.79 Å². The molecule has 0 aromatic carbocycles. The Morgan fingerprint density at radius 1 is 1.65 bits per heavy atom. The highest BCUT2D eigenvalue weighted by atomic mass is 32.2. The number of rotatable bonds is 4. The van der Waals surface area contributed by atoms with Crippen LogP contribution in [0, 0.1) is 6.92 Å². The summed E-state index contributed by atoms with van der Waals surface area (Å²) >= 11 is 2.72. The number of nitrogens with one attached hydrogen (secondary N) is 1. The van der Waals surface area contributed by atoms with Crippen molar-refractivity contribution in [1.29, 1.82) is 0 Å². The lowest BCUT2D eigenvalue weighted by Gasteiger charge is -2.13. The SMILES string of the molecule is Cc1csc(NC(=O)CCN2CCSC2=O)n1. The zero-order chi connectivity index (χ0) is 12.3. The molecule has 1 fully saturated rings. The van der Waals surface area contributed by atoms with Crippen LogP contribution in [0.15, 0.2) is 5.38 Å². The lowest BCUT2D eigenvalue weighted by Crippen LogP contribution is -2.27. The fourth-order valence-electron chi connectivity index (χ4n) is 1.46. The molecule has 92 valence electrons. The molecule has 1 aliphatic heterocycles. The van der Waals surface area contributed by atoms with Crippen LogP contribution in [0.3, 0.4) is 0 Å². The highest BCUT2D eigenvalue weighted by molar-refractivity contribution is 8.13. The molecule has 5 nitrogen and oxygen atoms in total. The van der Waals surface area contributed by atoms with Crippen molar-refractivity contribution >= 4 is 39.4 Å². The summed E-state index contributed by atoms with van der Waals surface area (Å²) < 4.78 is 0. The van der Waals surface area contributed by atoms with Crippen molar-refractivity contribution in [3.05, 3.63) is 11.1 Å². The third-order valence-electron chi connectivity index (χ3n) is 2.32. The average Bonchev–Trinajstić information content (AvgIpc) is 2.85. The first kappa shape index (κ1) is 12.4. The Balaban J connectivity index is 1.76. The molecule has 1 aliphatic rings. The summed E-state index contributed by atoms with van der Waals surface area (Å²) in [5.41, 5.74) is 0.899. The number of thiazole rings is 1. The van der Waals surface area contributed by atoms with E-state index < -0.39 is 0 Å². The van der Waals surface area contributed by atoms with E-state index in [4.69, 9.17) is 0 Å². The second-order valence-electron chi connectivity index (χ2n) is 3.69. The summed E-state index contributed by atoms with van der Waals surface area (Å²) in [6.45, 7) is 3.11. The highest BCUT2D eigenvalue weighted by Gasteiger charge is 2.21. The molecular weight excluding hydrogens is 258 g/mol. The predicted molar refractivity (Wildman–Crippen MR) is 69.5 cm³/mol. The summed E-state index contributed by atoms with van der Waals surface area (Å²) in [6.07, 6.45) is 0.324. The Kier molecular flexibility index (Phi) is 4.01. The first-order valence-electron chi connectivity index (χ1n) is 5.29. The standard InChI is InChI=1S/C10H13N3O2S2/c1-7-6-17-9(11-7)12-8(14)2-3-13-4-5-16-10(13)15/h6H,2-5H2,1H3,(H,11,12,14). The van der Waals surface area contributed by atoms with E-state index in [1.165, 1.54) is 23.1 Å². The van der Waals surface area contributed by atoms with Crippen LogP contribution in [0.2, 0.25) is 0 Å². The van der Waals surface area contributed by atoms with Crippen LogP contribution < -0.4 is 5.32 Å². The zero-order valence-electron chi connectivity index (χ0n) is 9.43. The molecule has 0 atom stereocenters. The maximum Gasteiger partial charge on any atom is 0.281 e. The van der Waals surface area contributed by atoms with Gasteiger partial charge in [0, 0.05) is 30.6 Å². The van der Waals surface area contributed by atoms with Crippen molar-refractivity contribution in [2.24, 2.45) is 0 Å². The van der Waals surface area contributed by atoms with Crippen molar-refractivity contribution in [3.8, 4) is 0 Å². The molecule has 0 spiro atoms. The van der Waals surface area contributed by atoms with Gasteiger partial charge in [-0.2, -0.15) is 0 Å². The van der Waals surface area contributed by atoms with E-state index in [9.17, 15) is 9.59 Å². The van der Waals surface area contributed by atoms with Gasteiger partial charge >= 0.3 is 0 Å². The summed E-state index contributed by atoms with van der Waals surface area (Å²) in [5.74, 6) is 0.732. The van der Waals surface area contributed by atoms with E-state index >= 15 is 0 Å². The van der Waals surface area contributed by atoms with E-state index in [2.05, 4.69) is 10.3 Å². The van der Waals surface area contributed by atoms with Crippen molar-refractivity contribution in [2.75, 3.05) is 24.2 Å². The van der Waals surface area contributed by atoms with Crippen LogP contribution in [0.5, 0.6) is 0 Å². The van der Waals surface area contributed by atoms with Gasteiger partial charge in [0.1, 0.15) is 0 Å². The lowest BCUT2D eigenvalue weighted by atomic mass is 10.4. The largest absolute Gasteiger partial charge is 0.332 e. The number of amides is 2. The van der Waals surface area contributed by atoms with Crippen LogP contribution in [0.1, 0.15) is 12.1 Å². The van der Waals surface area contributed by atoms with E-state index in [-0.39, 0.29) is 11.1 Å². The number of aromatic nitrogens is 1. The normalized spacial score (nSPS) is 15.4. The molecule has 0 aliphatic carbocycles. The summed E-state index contributed by atoms with van der Waals surface area (Å²) in [4.78, 5) is 28.7. The molecular formula is C10H13N3O2S2.